The van der Waals surface area contributed by atoms with Gasteiger partial charge in [0.1, 0.15) is 0 Å². The minimum atomic E-state index is -0.308. The van der Waals surface area contributed by atoms with E-state index in [0.717, 1.165) is 16.0 Å². The Balaban J connectivity index is 2.25. The summed E-state index contributed by atoms with van der Waals surface area (Å²) in [7, 11) is 0. The molecule has 18 heavy (non-hydrogen) atoms. The second-order valence-corrected chi connectivity index (χ2v) is 4.65. The zero-order valence-electron chi connectivity index (χ0n) is 10.1. The van der Waals surface area contributed by atoms with Crippen LogP contribution in [0, 0.1) is 0 Å². The number of benzene rings is 1. The van der Waals surface area contributed by atoms with E-state index in [-0.39, 0.29) is 12.6 Å². The van der Waals surface area contributed by atoms with E-state index in [0.29, 0.717) is 12.2 Å². The Morgan fingerprint density at radius 2 is 2.00 bits per heavy atom. The SMILES string of the molecule is CCOC(=O)c1ccc(-c2sccc2CO)cc1. The molecule has 1 N–H and O–H groups in total. The maximum absolute atomic E-state index is 11.5. The molecule has 0 saturated heterocycles. The Morgan fingerprint density at radius 1 is 1.28 bits per heavy atom. The van der Waals surface area contributed by atoms with E-state index in [1.54, 1.807) is 30.4 Å². The summed E-state index contributed by atoms with van der Waals surface area (Å²) >= 11 is 1.58. The molecule has 1 aromatic heterocycles. The van der Waals surface area contributed by atoms with Crippen molar-refractivity contribution >= 4 is 17.3 Å². The lowest BCUT2D eigenvalue weighted by Gasteiger charge is -2.04. The Bertz CT molecular complexity index is 528. The van der Waals surface area contributed by atoms with Crippen LogP contribution >= 0.6 is 11.3 Å². The quantitative estimate of drug-likeness (QED) is 0.861. The van der Waals surface area contributed by atoms with Gasteiger partial charge in [0.25, 0.3) is 0 Å². The van der Waals surface area contributed by atoms with Crippen molar-refractivity contribution in [3.63, 3.8) is 0 Å². The van der Waals surface area contributed by atoms with Gasteiger partial charge in [-0.3, -0.25) is 0 Å². The Morgan fingerprint density at radius 3 is 2.61 bits per heavy atom. The van der Waals surface area contributed by atoms with Crippen molar-refractivity contribution in [3.05, 3.63) is 46.8 Å². The molecule has 1 aromatic carbocycles. The predicted molar refractivity (Wildman–Crippen MR) is 71.6 cm³/mol. The summed E-state index contributed by atoms with van der Waals surface area (Å²) in [6, 6.07) is 9.14. The monoisotopic (exact) mass is 262 g/mol. The molecule has 0 unspecified atom stereocenters. The van der Waals surface area contributed by atoms with E-state index in [2.05, 4.69) is 0 Å². The van der Waals surface area contributed by atoms with Gasteiger partial charge < -0.3 is 9.84 Å². The molecular weight excluding hydrogens is 248 g/mol. The predicted octanol–water partition coefficient (Wildman–Crippen LogP) is 3.08. The van der Waals surface area contributed by atoms with Gasteiger partial charge in [-0.1, -0.05) is 12.1 Å². The van der Waals surface area contributed by atoms with Crippen molar-refractivity contribution < 1.29 is 14.6 Å². The van der Waals surface area contributed by atoms with Crippen LogP contribution in [0.2, 0.25) is 0 Å². The van der Waals surface area contributed by atoms with Crippen LogP contribution in [0.3, 0.4) is 0 Å². The van der Waals surface area contributed by atoms with E-state index in [1.165, 1.54) is 0 Å². The van der Waals surface area contributed by atoms with E-state index in [4.69, 9.17) is 4.74 Å². The molecule has 0 aliphatic carbocycles. The molecular formula is C14H14O3S. The lowest BCUT2D eigenvalue weighted by Crippen LogP contribution is -2.03. The molecule has 3 nitrogen and oxygen atoms in total. The number of carbonyl (C=O) groups is 1. The first-order valence-electron chi connectivity index (χ1n) is 5.71. The molecule has 4 heteroatoms. The number of carbonyl (C=O) groups excluding carboxylic acids is 1. The molecule has 2 rings (SSSR count). The summed E-state index contributed by atoms with van der Waals surface area (Å²) in [6.45, 7) is 2.18. The first-order valence-corrected chi connectivity index (χ1v) is 6.59. The van der Waals surface area contributed by atoms with Gasteiger partial charge in [-0.15, -0.1) is 11.3 Å². The van der Waals surface area contributed by atoms with E-state index in [1.807, 2.05) is 23.6 Å². The molecule has 0 amide bonds. The number of ether oxygens (including phenoxy) is 1. The summed E-state index contributed by atoms with van der Waals surface area (Å²) in [5, 5.41) is 11.2. The van der Waals surface area contributed by atoms with Crippen LogP contribution in [0.5, 0.6) is 0 Å². The fourth-order valence-electron chi connectivity index (χ4n) is 1.69. The average molecular weight is 262 g/mol. The van der Waals surface area contributed by atoms with Crippen LogP contribution < -0.4 is 0 Å². The lowest BCUT2D eigenvalue weighted by molar-refractivity contribution is 0.0526. The Kier molecular flexibility index (Phi) is 4.12. The highest BCUT2D eigenvalue weighted by Gasteiger charge is 2.09. The minimum Gasteiger partial charge on any atom is -0.462 e. The van der Waals surface area contributed by atoms with Crippen LogP contribution in [-0.4, -0.2) is 17.7 Å². The third-order valence-corrected chi connectivity index (χ3v) is 3.58. The fourth-order valence-corrected chi connectivity index (χ4v) is 2.61. The third kappa shape index (κ3) is 2.60. The van der Waals surface area contributed by atoms with Gasteiger partial charge in [-0.2, -0.15) is 0 Å². The molecule has 94 valence electrons. The van der Waals surface area contributed by atoms with Gasteiger partial charge in [-0.05, 0) is 41.6 Å². The van der Waals surface area contributed by atoms with Gasteiger partial charge in [0, 0.05) is 4.88 Å². The Labute approximate surface area is 110 Å². The summed E-state index contributed by atoms with van der Waals surface area (Å²) in [4.78, 5) is 12.5. The van der Waals surface area contributed by atoms with Crippen LogP contribution in [-0.2, 0) is 11.3 Å². The molecule has 0 atom stereocenters. The number of aliphatic hydroxyl groups excluding tert-OH is 1. The third-order valence-electron chi connectivity index (χ3n) is 2.58. The van der Waals surface area contributed by atoms with Crippen LogP contribution in [0.4, 0.5) is 0 Å². The van der Waals surface area contributed by atoms with Gasteiger partial charge in [0.05, 0.1) is 18.8 Å². The zero-order valence-corrected chi connectivity index (χ0v) is 10.9. The van der Waals surface area contributed by atoms with Crippen LogP contribution in [0.25, 0.3) is 10.4 Å². The highest BCUT2D eigenvalue weighted by atomic mass is 32.1. The van der Waals surface area contributed by atoms with Gasteiger partial charge in [-0.25, -0.2) is 4.79 Å². The van der Waals surface area contributed by atoms with E-state index in [9.17, 15) is 9.90 Å². The first kappa shape index (κ1) is 12.8. The normalized spacial score (nSPS) is 10.3. The fraction of sp³-hybridized carbons (Fsp3) is 0.214. The molecule has 0 aliphatic heterocycles. The van der Waals surface area contributed by atoms with Crippen molar-refractivity contribution in [1.82, 2.24) is 0 Å². The van der Waals surface area contributed by atoms with Crippen LogP contribution in [0.1, 0.15) is 22.8 Å². The molecule has 0 spiro atoms. The number of hydrogen-bond donors (Lipinski definition) is 1. The molecule has 2 aromatic rings. The molecule has 0 aliphatic rings. The van der Waals surface area contributed by atoms with Crippen molar-refractivity contribution in [3.8, 4) is 10.4 Å². The summed E-state index contributed by atoms with van der Waals surface area (Å²) in [6.07, 6.45) is 0. The minimum absolute atomic E-state index is 0.0263. The van der Waals surface area contributed by atoms with Crippen molar-refractivity contribution in [1.29, 1.82) is 0 Å². The maximum Gasteiger partial charge on any atom is 0.338 e. The summed E-state index contributed by atoms with van der Waals surface area (Å²) < 4.78 is 4.93. The zero-order chi connectivity index (χ0) is 13.0. The number of rotatable bonds is 4. The van der Waals surface area contributed by atoms with E-state index < -0.39 is 0 Å². The average Bonchev–Trinajstić information content (AvgIpc) is 2.87. The standard InChI is InChI=1S/C14H14O3S/c1-2-17-14(16)11-5-3-10(4-6-11)13-12(9-15)7-8-18-13/h3-8,15H,2,9H2,1H3. The van der Waals surface area contributed by atoms with Crippen molar-refractivity contribution in [2.45, 2.75) is 13.5 Å². The smallest absolute Gasteiger partial charge is 0.338 e. The number of thiophene rings is 1. The van der Waals surface area contributed by atoms with Crippen molar-refractivity contribution in [2.24, 2.45) is 0 Å². The highest BCUT2D eigenvalue weighted by molar-refractivity contribution is 7.13. The largest absolute Gasteiger partial charge is 0.462 e. The Hall–Kier alpha value is -1.65. The lowest BCUT2D eigenvalue weighted by atomic mass is 10.1. The van der Waals surface area contributed by atoms with Gasteiger partial charge >= 0.3 is 5.97 Å². The topological polar surface area (TPSA) is 46.5 Å². The second-order valence-electron chi connectivity index (χ2n) is 3.73. The molecule has 0 fully saturated rings. The van der Waals surface area contributed by atoms with E-state index >= 15 is 0 Å². The molecule has 0 bridgehead atoms. The summed E-state index contributed by atoms with van der Waals surface area (Å²) in [5.41, 5.74) is 2.45. The highest BCUT2D eigenvalue weighted by Crippen LogP contribution is 2.29. The molecule has 0 saturated carbocycles. The maximum atomic E-state index is 11.5. The summed E-state index contributed by atoms with van der Waals surface area (Å²) in [5.74, 6) is -0.308. The van der Waals surface area contributed by atoms with Crippen molar-refractivity contribution in [2.75, 3.05) is 6.61 Å². The number of hydrogen-bond acceptors (Lipinski definition) is 4. The first-order chi connectivity index (χ1) is 8.76. The van der Waals surface area contributed by atoms with Gasteiger partial charge in [0.2, 0.25) is 0 Å². The second kappa shape index (κ2) is 5.80. The molecule has 0 radical (unpaired) electrons. The number of aliphatic hydroxyl groups is 1. The molecule has 1 heterocycles. The number of esters is 1. The van der Waals surface area contributed by atoms with Gasteiger partial charge in [0.15, 0.2) is 0 Å². The van der Waals surface area contributed by atoms with Crippen LogP contribution in [0.15, 0.2) is 35.7 Å².